The van der Waals surface area contributed by atoms with Gasteiger partial charge in [-0.25, -0.2) is 9.59 Å². The first kappa shape index (κ1) is 21.3. The molecule has 0 saturated carbocycles. The summed E-state index contributed by atoms with van der Waals surface area (Å²) in [6.45, 7) is 4.05. The molecule has 3 aromatic rings. The molecule has 0 unspecified atom stereocenters. The van der Waals surface area contributed by atoms with Crippen molar-refractivity contribution in [1.29, 1.82) is 0 Å². The molecule has 0 aliphatic heterocycles. The number of methoxy groups -OCH3 is 2. The molecule has 154 valence electrons. The van der Waals surface area contributed by atoms with E-state index in [4.69, 9.17) is 9.47 Å². The van der Waals surface area contributed by atoms with Crippen molar-refractivity contribution in [1.82, 2.24) is 0 Å². The predicted octanol–water partition coefficient (Wildman–Crippen LogP) is 5.72. The molecule has 0 aromatic heterocycles. The van der Waals surface area contributed by atoms with Crippen LogP contribution in [0.3, 0.4) is 0 Å². The lowest BCUT2D eigenvalue weighted by atomic mass is 9.79. The van der Waals surface area contributed by atoms with Gasteiger partial charge in [-0.3, -0.25) is 0 Å². The number of hydrogen-bond acceptors (Lipinski definition) is 4. The lowest BCUT2D eigenvalue weighted by Crippen LogP contribution is -2.19. The largest absolute Gasteiger partial charge is 0.465 e. The average molecular weight is 402 g/mol. The first-order valence-electron chi connectivity index (χ1n) is 10.1. The zero-order valence-corrected chi connectivity index (χ0v) is 17.8. The van der Waals surface area contributed by atoms with Crippen LogP contribution in [0.25, 0.3) is 22.3 Å². The van der Waals surface area contributed by atoms with Gasteiger partial charge in [0.05, 0.1) is 25.3 Å². The van der Waals surface area contributed by atoms with Crippen LogP contribution < -0.4 is 0 Å². The summed E-state index contributed by atoms with van der Waals surface area (Å²) < 4.78 is 10.3. The molecule has 0 spiro atoms. The molecule has 0 aliphatic rings. The van der Waals surface area contributed by atoms with Crippen LogP contribution in [0.5, 0.6) is 0 Å². The van der Waals surface area contributed by atoms with Crippen LogP contribution in [0.4, 0.5) is 0 Å². The minimum absolute atomic E-state index is 0.253. The standard InChI is InChI=1S/C26H26O4/c1-5-19-20(6-2)23(25(27)29-3)24(26(28)30-4)22(18-15-11-8-12-16-18)21(19)17-13-9-7-10-14-17/h7-16H,5-6H2,1-4H3. The molecule has 30 heavy (non-hydrogen) atoms. The van der Waals surface area contributed by atoms with E-state index in [1.54, 1.807) is 0 Å². The zero-order valence-electron chi connectivity index (χ0n) is 17.8. The molecule has 0 atom stereocenters. The Morgan fingerprint density at radius 3 is 1.50 bits per heavy atom. The van der Waals surface area contributed by atoms with E-state index in [0.29, 0.717) is 24.0 Å². The Morgan fingerprint density at radius 1 is 0.633 bits per heavy atom. The Hall–Kier alpha value is -3.40. The summed E-state index contributed by atoms with van der Waals surface area (Å²) in [5, 5.41) is 0. The van der Waals surface area contributed by atoms with Crippen LogP contribution in [-0.4, -0.2) is 26.2 Å². The van der Waals surface area contributed by atoms with Gasteiger partial charge in [0, 0.05) is 5.56 Å². The Balaban J connectivity index is 2.62. The van der Waals surface area contributed by atoms with E-state index in [1.165, 1.54) is 14.2 Å². The van der Waals surface area contributed by atoms with Crippen molar-refractivity contribution in [3.8, 4) is 22.3 Å². The smallest absolute Gasteiger partial charge is 0.339 e. The van der Waals surface area contributed by atoms with Crippen LogP contribution in [0.15, 0.2) is 60.7 Å². The number of esters is 2. The monoisotopic (exact) mass is 402 g/mol. The second-order valence-electron chi connectivity index (χ2n) is 6.88. The SMILES string of the molecule is CCc1c(CC)c(-c2ccccc2)c(-c2ccccc2)c(C(=O)OC)c1C(=O)OC. The third kappa shape index (κ3) is 3.73. The van der Waals surface area contributed by atoms with E-state index in [1.807, 2.05) is 67.6 Å². The van der Waals surface area contributed by atoms with Gasteiger partial charge in [-0.15, -0.1) is 0 Å². The fourth-order valence-electron chi connectivity index (χ4n) is 4.08. The fraction of sp³-hybridized carbons (Fsp3) is 0.231. The number of ether oxygens (including phenoxy) is 2. The molecule has 0 aliphatic carbocycles. The normalized spacial score (nSPS) is 10.5. The predicted molar refractivity (Wildman–Crippen MR) is 119 cm³/mol. The molecule has 0 saturated heterocycles. The summed E-state index contributed by atoms with van der Waals surface area (Å²) in [6, 6.07) is 19.6. The Morgan fingerprint density at radius 2 is 1.07 bits per heavy atom. The molecular formula is C26H26O4. The van der Waals surface area contributed by atoms with Gasteiger partial charge in [-0.05, 0) is 40.7 Å². The van der Waals surface area contributed by atoms with Gasteiger partial charge in [-0.1, -0.05) is 74.5 Å². The highest BCUT2D eigenvalue weighted by Gasteiger charge is 2.31. The van der Waals surface area contributed by atoms with Crippen molar-refractivity contribution in [3.05, 3.63) is 82.9 Å². The molecule has 0 bridgehead atoms. The van der Waals surface area contributed by atoms with E-state index in [-0.39, 0.29) is 5.56 Å². The lowest BCUT2D eigenvalue weighted by molar-refractivity contribution is 0.0555. The van der Waals surface area contributed by atoms with Crippen LogP contribution >= 0.6 is 0 Å². The molecule has 3 aromatic carbocycles. The van der Waals surface area contributed by atoms with E-state index in [0.717, 1.165) is 27.8 Å². The molecular weight excluding hydrogens is 376 g/mol. The molecule has 0 radical (unpaired) electrons. The van der Waals surface area contributed by atoms with Gasteiger partial charge in [0.1, 0.15) is 0 Å². The number of benzene rings is 3. The average Bonchev–Trinajstić information content (AvgIpc) is 2.82. The van der Waals surface area contributed by atoms with Crippen molar-refractivity contribution in [3.63, 3.8) is 0 Å². The maximum Gasteiger partial charge on any atom is 0.339 e. The molecule has 0 heterocycles. The number of carbonyl (C=O) groups is 2. The summed E-state index contributed by atoms with van der Waals surface area (Å²) in [5.41, 5.74) is 5.89. The molecule has 3 rings (SSSR count). The van der Waals surface area contributed by atoms with Crippen LogP contribution in [0, 0.1) is 0 Å². The van der Waals surface area contributed by atoms with Gasteiger partial charge in [0.2, 0.25) is 0 Å². The number of rotatable bonds is 6. The van der Waals surface area contributed by atoms with E-state index >= 15 is 0 Å². The Labute approximate surface area is 177 Å². The van der Waals surface area contributed by atoms with Crippen molar-refractivity contribution < 1.29 is 19.1 Å². The first-order chi connectivity index (χ1) is 14.6. The van der Waals surface area contributed by atoms with Crippen LogP contribution in [0.1, 0.15) is 45.7 Å². The van der Waals surface area contributed by atoms with E-state index in [9.17, 15) is 9.59 Å². The molecule has 0 fully saturated rings. The molecule has 4 heteroatoms. The second kappa shape index (κ2) is 9.40. The van der Waals surface area contributed by atoms with Crippen LogP contribution in [0.2, 0.25) is 0 Å². The Bertz CT molecular complexity index is 1050. The van der Waals surface area contributed by atoms with Crippen molar-refractivity contribution in [2.24, 2.45) is 0 Å². The minimum atomic E-state index is -0.552. The Kier molecular flexibility index (Phi) is 6.68. The maximum atomic E-state index is 13.1. The van der Waals surface area contributed by atoms with Gasteiger partial charge in [0.15, 0.2) is 0 Å². The molecule has 0 N–H and O–H groups in total. The summed E-state index contributed by atoms with van der Waals surface area (Å²) >= 11 is 0. The topological polar surface area (TPSA) is 52.6 Å². The number of carbonyl (C=O) groups excluding carboxylic acids is 2. The highest BCUT2D eigenvalue weighted by Crippen LogP contribution is 2.43. The van der Waals surface area contributed by atoms with E-state index in [2.05, 4.69) is 6.92 Å². The molecule has 4 nitrogen and oxygen atoms in total. The van der Waals surface area contributed by atoms with E-state index < -0.39 is 11.9 Å². The van der Waals surface area contributed by atoms with Crippen molar-refractivity contribution in [2.45, 2.75) is 26.7 Å². The van der Waals surface area contributed by atoms with Crippen molar-refractivity contribution >= 4 is 11.9 Å². The highest BCUT2D eigenvalue weighted by molar-refractivity contribution is 6.12. The quantitative estimate of drug-likeness (QED) is 0.495. The highest BCUT2D eigenvalue weighted by atomic mass is 16.5. The molecule has 0 amide bonds. The number of hydrogen-bond donors (Lipinski definition) is 0. The third-order valence-corrected chi connectivity index (χ3v) is 5.33. The fourth-order valence-corrected chi connectivity index (χ4v) is 4.08. The summed E-state index contributed by atoms with van der Waals surface area (Å²) in [4.78, 5) is 26.0. The van der Waals surface area contributed by atoms with Gasteiger partial charge in [0.25, 0.3) is 0 Å². The minimum Gasteiger partial charge on any atom is -0.465 e. The van der Waals surface area contributed by atoms with Crippen molar-refractivity contribution in [2.75, 3.05) is 14.2 Å². The van der Waals surface area contributed by atoms with Crippen LogP contribution in [-0.2, 0) is 22.3 Å². The maximum absolute atomic E-state index is 13.1. The summed E-state index contributed by atoms with van der Waals surface area (Å²) in [7, 11) is 2.67. The first-order valence-corrected chi connectivity index (χ1v) is 10.1. The van der Waals surface area contributed by atoms with Gasteiger partial charge < -0.3 is 9.47 Å². The third-order valence-electron chi connectivity index (χ3n) is 5.33. The summed E-state index contributed by atoms with van der Waals surface area (Å²) in [5.74, 6) is -1.08. The van der Waals surface area contributed by atoms with Gasteiger partial charge in [-0.2, -0.15) is 0 Å². The lowest BCUT2D eigenvalue weighted by Gasteiger charge is -2.24. The second-order valence-corrected chi connectivity index (χ2v) is 6.88. The summed E-state index contributed by atoms with van der Waals surface area (Å²) in [6.07, 6.45) is 1.30. The van der Waals surface area contributed by atoms with Gasteiger partial charge >= 0.3 is 11.9 Å². The zero-order chi connectivity index (χ0) is 21.7.